The molecule has 0 fully saturated rings. The largest absolute Gasteiger partial charge is 0.480 e. The average molecular weight is 171 g/mol. The van der Waals surface area contributed by atoms with E-state index in [-0.39, 0.29) is 0 Å². The van der Waals surface area contributed by atoms with Gasteiger partial charge in [0.25, 0.3) is 0 Å². The summed E-state index contributed by atoms with van der Waals surface area (Å²) in [4.78, 5) is 10.6. The molecular formula is C7H9NO2S. The zero-order valence-corrected chi connectivity index (χ0v) is 6.89. The lowest BCUT2D eigenvalue weighted by Crippen LogP contribution is -2.24. The lowest BCUT2D eigenvalue weighted by atomic mass is 10.1. The zero-order chi connectivity index (χ0) is 8.27. The van der Waals surface area contributed by atoms with Crippen LogP contribution in [0.4, 0.5) is 0 Å². The van der Waals surface area contributed by atoms with E-state index >= 15 is 0 Å². The van der Waals surface area contributed by atoms with Crippen LogP contribution >= 0.6 is 11.3 Å². The molecule has 2 N–H and O–H groups in total. The van der Waals surface area contributed by atoms with Gasteiger partial charge in [-0.2, -0.15) is 11.3 Å². The number of aliphatic carboxylic acids is 1. The number of thiophene rings is 1. The van der Waals surface area contributed by atoms with Gasteiger partial charge >= 0.3 is 5.97 Å². The summed E-state index contributed by atoms with van der Waals surface area (Å²) in [6.07, 6.45) is 0. The molecule has 0 bridgehead atoms. The fourth-order valence-corrected chi connectivity index (χ4v) is 1.56. The van der Waals surface area contributed by atoms with Gasteiger partial charge in [-0.15, -0.1) is 0 Å². The first-order valence-corrected chi connectivity index (χ1v) is 4.12. The minimum absolute atomic E-state index is 0.568. The van der Waals surface area contributed by atoms with Crippen molar-refractivity contribution in [3.8, 4) is 0 Å². The monoisotopic (exact) mass is 171 g/mol. The number of hydrogen-bond donors (Lipinski definition) is 2. The summed E-state index contributed by atoms with van der Waals surface area (Å²) < 4.78 is 0. The smallest absolute Gasteiger partial charge is 0.325 e. The van der Waals surface area contributed by atoms with Crippen molar-refractivity contribution in [3.63, 3.8) is 0 Å². The van der Waals surface area contributed by atoms with Gasteiger partial charge in [-0.25, -0.2) is 0 Å². The number of hydrogen-bond acceptors (Lipinski definition) is 3. The van der Waals surface area contributed by atoms with Crippen LogP contribution in [-0.2, 0) is 4.79 Å². The second-order valence-electron chi connectivity index (χ2n) is 2.12. The van der Waals surface area contributed by atoms with Gasteiger partial charge in [-0.05, 0) is 29.4 Å². The fourth-order valence-electron chi connectivity index (χ4n) is 0.872. The first kappa shape index (κ1) is 8.23. The summed E-state index contributed by atoms with van der Waals surface area (Å²) in [7, 11) is 1.64. The number of carboxylic acids is 1. The molecule has 0 spiro atoms. The van der Waals surface area contributed by atoms with Crippen LogP contribution in [0.2, 0.25) is 0 Å². The Morgan fingerprint density at radius 3 is 2.91 bits per heavy atom. The molecule has 1 atom stereocenters. The third-order valence-electron chi connectivity index (χ3n) is 1.41. The summed E-state index contributed by atoms with van der Waals surface area (Å²) in [5.74, 6) is -0.842. The van der Waals surface area contributed by atoms with Gasteiger partial charge in [0.05, 0.1) is 0 Å². The molecule has 0 radical (unpaired) electrons. The normalized spacial score (nSPS) is 12.8. The van der Waals surface area contributed by atoms with Gasteiger partial charge in [0, 0.05) is 0 Å². The Kier molecular flexibility index (Phi) is 2.62. The first-order chi connectivity index (χ1) is 5.25. The minimum Gasteiger partial charge on any atom is -0.480 e. The number of carboxylic acid groups (broad SMARTS) is 1. The highest BCUT2D eigenvalue weighted by Crippen LogP contribution is 2.15. The van der Waals surface area contributed by atoms with E-state index in [4.69, 9.17) is 5.11 Å². The van der Waals surface area contributed by atoms with Gasteiger partial charge in [0.2, 0.25) is 0 Å². The van der Waals surface area contributed by atoms with E-state index in [0.29, 0.717) is 0 Å². The van der Waals surface area contributed by atoms with Gasteiger partial charge in [0.15, 0.2) is 0 Å². The summed E-state index contributed by atoms with van der Waals surface area (Å²) >= 11 is 1.50. The van der Waals surface area contributed by atoms with Crippen LogP contribution in [0.15, 0.2) is 16.8 Å². The van der Waals surface area contributed by atoms with Crippen molar-refractivity contribution in [2.75, 3.05) is 7.05 Å². The van der Waals surface area contributed by atoms with Crippen molar-refractivity contribution in [2.24, 2.45) is 0 Å². The topological polar surface area (TPSA) is 49.3 Å². The van der Waals surface area contributed by atoms with E-state index < -0.39 is 12.0 Å². The SMILES string of the molecule is CNC(C(=O)O)c1ccsc1. The Bertz CT molecular complexity index is 233. The molecule has 0 aliphatic rings. The van der Waals surface area contributed by atoms with Crippen LogP contribution in [0.25, 0.3) is 0 Å². The Morgan fingerprint density at radius 2 is 2.55 bits per heavy atom. The maximum Gasteiger partial charge on any atom is 0.325 e. The average Bonchev–Trinajstić information content (AvgIpc) is 2.40. The van der Waals surface area contributed by atoms with Crippen LogP contribution in [0, 0.1) is 0 Å². The molecule has 1 rings (SSSR count). The van der Waals surface area contributed by atoms with E-state index in [1.807, 2.05) is 10.8 Å². The highest BCUT2D eigenvalue weighted by atomic mass is 32.1. The Balaban J connectivity index is 2.79. The van der Waals surface area contributed by atoms with E-state index in [1.54, 1.807) is 13.1 Å². The Hall–Kier alpha value is -0.870. The van der Waals surface area contributed by atoms with Crippen molar-refractivity contribution in [2.45, 2.75) is 6.04 Å². The number of carbonyl (C=O) groups is 1. The van der Waals surface area contributed by atoms with Crippen LogP contribution in [0.5, 0.6) is 0 Å². The predicted molar refractivity (Wildman–Crippen MR) is 43.8 cm³/mol. The number of rotatable bonds is 3. The lowest BCUT2D eigenvalue weighted by Gasteiger charge is -2.07. The first-order valence-electron chi connectivity index (χ1n) is 3.18. The van der Waals surface area contributed by atoms with E-state index in [2.05, 4.69) is 5.32 Å². The van der Waals surface area contributed by atoms with Crippen molar-refractivity contribution in [3.05, 3.63) is 22.4 Å². The molecule has 1 unspecified atom stereocenters. The second kappa shape index (κ2) is 3.50. The third-order valence-corrected chi connectivity index (χ3v) is 2.11. The van der Waals surface area contributed by atoms with Crippen molar-refractivity contribution >= 4 is 17.3 Å². The summed E-state index contributed by atoms with van der Waals surface area (Å²) in [6.45, 7) is 0. The molecule has 0 aromatic carbocycles. The Morgan fingerprint density at radius 1 is 1.82 bits per heavy atom. The molecule has 0 saturated heterocycles. The third kappa shape index (κ3) is 1.78. The molecule has 0 aliphatic heterocycles. The molecule has 3 nitrogen and oxygen atoms in total. The zero-order valence-electron chi connectivity index (χ0n) is 6.07. The van der Waals surface area contributed by atoms with Crippen LogP contribution in [0.1, 0.15) is 11.6 Å². The summed E-state index contributed by atoms with van der Waals surface area (Å²) in [5.41, 5.74) is 0.810. The molecule has 1 aromatic rings. The number of nitrogens with one attached hydrogen (secondary N) is 1. The van der Waals surface area contributed by atoms with Crippen molar-refractivity contribution in [1.82, 2.24) is 5.32 Å². The van der Waals surface area contributed by atoms with E-state index in [0.717, 1.165) is 5.56 Å². The predicted octanol–water partition coefficient (Wildman–Crippen LogP) is 1.09. The van der Waals surface area contributed by atoms with Gasteiger partial charge < -0.3 is 10.4 Å². The molecule has 60 valence electrons. The van der Waals surface area contributed by atoms with Crippen LogP contribution < -0.4 is 5.32 Å². The maximum atomic E-state index is 10.6. The van der Waals surface area contributed by atoms with Gasteiger partial charge in [-0.3, -0.25) is 4.79 Å². The standard InChI is InChI=1S/C7H9NO2S/c1-8-6(7(9)10)5-2-3-11-4-5/h2-4,6,8H,1H3,(H,9,10). The van der Waals surface area contributed by atoms with Crippen LogP contribution in [0.3, 0.4) is 0 Å². The Labute approximate surface area is 68.7 Å². The highest BCUT2D eigenvalue weighted by molar-refractivity contribution is 7.08. The molecule has 1 aromatic heterocycles. The van der Waals surface area contributed by atoms with Gasteiger partial charge in [-0.1, -0.05) is 0 Å². The molecule has 4 heteroatoms. The molecular weight excluding hydrogens is 162 g/mol. The van der Waals surface area contributed by atoms with E-state index in [1.165, 1.54) is 11.3 Å². The summed E-state index contributed by atoms with van der Waals surface area (Å²) in [6, 6.07) is 1.24. The molecule has 11 heavy (non-hydrogen) atoms. The second-order valence-corrected chi connectivity index (χ2v) is 2.90. The quantitative estimate of drug-likeness (QED) is 0.715. The van der Waals surface area contributed by atoms with E-state index in [9.17, 15) is 4.79 Å². The van der Waals surface area contributed by atoms with Crippen LogP contribution in [-0.4, -0.2) is 18.1 Å². The van der Waals surface area contributed by atoms with Crippen molar-refractivity contribution < 1.29 is 9.90 Å². The van der Waals surface area contributed by atoms with Gasteiger partial charge in [0.1, 0.15) is 6.04 Å². The maximum absolute atomic E-state index is 10.6. The molecule has 0 amide bonds. The molecule has 0 saturated carbocycles. The molecule has 0 aliphatic carbocycles. The number of likely N-dealkylation sites (N-methyl/N-ethyl adjacent to an activating group) is 1. The minimum atomic E-state index is -0.842. The highest BCUT2D eigenvalue weighted by Gasteiger charge is 2.16. The fraction of sp³-hybridized carbons (Fsp3) is 0.286. The van der Waals surface area contributed by atoms with Crippen molar-refractivity contribution in [1.29, 1.82) is 0 Å². The molecule has 1 heterocycles. The summed E-state index contributed by atoms with van der Waals surface area (Å²) in [5, 5.41) is 15.1. The lowest BCUT2D eigenvalue weighted by molar-refractivity contribution is -0.139.